The van der Waals surface area contributed by atoms with Crippen LogP contribution in [0.1, 0.15) is 47.4 Å². The molecule has 1 fully saturated rings. The first-order valence-electron chi connectivity index (χ1n) is 9.54. The maximum absolute atomic E-state index is 13.5. The van der Waals surface area contributed by atoms with Crippen LogP contribution in [-0.2, 0) is 16.2 Å². The molecule has 31 heavy (non-hydrogen) atoms. The Labute approximate surface area is 176 Å². The van der Waals surface area contributed by atoms with Gasteiger partial charge in [-0.15, -0.1) is 0 Å². The molecule has 10 heteroatoms. The van der Waals surface area contributed by atoms with Gasteiger partial charge in [0.1, 0.15) is 16.2 Å². The molecule has 0 bridgehead atoms. The molecule has 1 heterocycles. The second-order valence-corrected chi connectivity index (χ2v) is 8.83. The van der Waals surface area contributed by atoms with Crippen molar-refractivity contribution in [2.24, 2.45) is 0 Å². The number of hydrogen-bond acceptors (Lipinski definition) is 5. The van der Waals surface area contributed by atoms with Gasteiger partial charge in [0.25, 0.3) is 10.0 Å². The Morgan fingerprint density at radius 2 is 1.90 bits per heavy atom. The van der Waals surface area contributed by atoms with E-state index in [0.717, 1.165) is 25.0 Å². The number of sulfonamides is 1. The van der Waals surface area contributed by atoms with Gasteiger partial charge in [0.05, 0.1) is 12.2 Å². The average molecular weight is 453 g/mol. The summed E-state index contributed by atoms with van der Waals surface area (Å²) in [5.41, 5.74) is -0.548. The number of halogens is 3. The lowest BCUT2D eigenvalue weighted by Gasteiger charge is -2.10. The number of carbonyl (C=O) groups is 1. The van der Waals surface area contributed by atoms with E-state index in [9.17, 15) is 26.4 Å². The second kappa shape index (κ2) is 7.60. The van der Waals surface area contributed by atoms with E-state index >= 15 is 0 Å². The number of benzene rings is 2. The lowest BCUT2D eigenvalue weighted by molar-refractivity contribution is -0.136. The molecule has 164 valence electrons. The number of furan rings is 1. The van der Waals surface area contributed by atoms with Crippen LogP contribution in [0.4, 0.5) is 13.2 Å². The number of para-hydroxylation sites is 1. The fourth-order valence-electron chi connectivity index (χ4n) is 3.33. The Bertz CT molecular complexity index is 1260. The van der Waals surface area contributed by atoms with E-state index in [2.05, 4.69) is 0 Å². The predicted molar refractivity (Wildman–Crippen MR) is 105 cm³/mol. The summed E-state index contributed by atoms with van der Waals surface area (Å²) >= 11 is 0. The number of ether oxygens (including phenoxy) is 1. The minimum atomic E-state index is -4.65. The summed E-state index contributed by atoms with van der Waals surface area (Å²) in [7, 11) is -4.35. The second-order valence-electron chi connectivity index (χ2n) is 7.18. The summed E-state index contributed by atoms with van der Waals surface area (Å²) in [6, 6.07) is 9.15. The molecule has 1 N–H and O–H groups in total. The van der Waals surface area contributed by atoms with Gasteiger partial charge in [-0.3, -0.25) is 4.79 Å². The van der Waals surface area contributed by atoms with Crippen molar-refractivity contribution in [3.05, 3.63) is 59.4 Å². The lowest BCUT2D eigenvalue weighted by atomic mass is 10.0. The van der Waals surface area contributed by atoms with Crippen molar-refractivity contribution in [3.8, 4) is 5.75 Å². The maximum atomic E-state index is 13.5. The molecule has 1 aliphatic carbocycles. The van der Waals surface area contributed by atoms with E-state index in [1.807, 2.05) is 4.72 Å². The summed E-state index contributed by atoms with van der Waals surface area (Å²) in [5.74, 6) is -1.64. The maximum Gasteiger partial charge on any atom is 0.417 e. The smallest absolute Gasteiger partial charge is 0.417 e. The van der Waals surface area contributed by atoms with Gasteiger partial charge >= 0.3 is 12.1 Å². The number of hydrogen-bond donors (Lipinski definition) is 1. The topological polar surface area (TPSA) is 85.6 Å². The highest BCUT2D eigenvalue weighted by Crippen LogP contribution is 2.45. The number of fused-ring (bicyclic) bond motifs is 1. The van der Waals surface area contributed by atoms with Crippen molar-refractivity contribution in [2.75, 3.05) is 6.61 Å². The third kappa shape index (κ3) is 4.25. The minimum Gasteiger partial charge on any atom is -0.492 e. The highest BCUT2D eigenvalue weighted by Gasteiger charge is 2.36. The molecule has 1 saturated carbocycles. The Kier molecular flexibility index (Phi) is 5.20. The van der Waals surface area contributed by atoms with Crippen molar-refractivity contribution < 1.29 is 35.5 Å². The predicted octanol–water partition coefficient (Wildman–Crippen LogP) is 4.85. The highest BCUT2D eigenvalue weighted by molar-refractivity contribution is 7.90. The molecule has 1 amide bonds. The van der Waals surface area contributed by atoms with Gasteiger partial charge in [-0.05, 0) is 61.6 Å². The van der Waals surface area contributed by atoms with Crippen LogP contribution in [0.5, 0.6) is 5.75 Å². The molecule has 0 saturated heterocycles. The van der Waals surface area contributed by atoms with Crippen LogP contribution in [0.3, 0.4) is 0 Å². The van der Waals surface area contributed by atoms with Gasteiger partial charge in [0.15, 0.2) is 5.76 Å². The fourth-order valence-corrected chi connectivity index (χ4v) is 4.44. The van der Waals surface area contributed by atoms with Crippen LogP contribution in [0.2, 0.25) is 0 Å². The standard InChI is InChI=1S/C21H18F3NO5S/c1-2-29-16-5-3-4-6-19(16)31(27,28)25-20(26)18-11-14-15(21(22,23)24)9-13(12-7-8-12)10-17(14)30-18/h3-6,9-12H,2,7-8H2,1H3,(H,25,26). The van der Waals surface area contributed by atoms with Crippen molar-refractivity contribution >= 4 is 26.9 Å². The highest BCUT2D eigenvalue weighted by atomic mass is 32.2. The van der Waals surface area contributed by atoms with Gasteiger partial charge in [0, 0.05) is 5.39 Å². The van der Waals surface area contributed by atoms with E-state index in [4.69, 9.17) is 9.15 Å². The summed E-state index contributed by atoms with van der Waals surface area (Å²) in [6.45, 7) is 1.87. The normalized spacial score (nSPS) is 14.6. The van der Waals surface area contributed by atoms with E-state index in [-0.39, 0.29) is 34.1 Å². The Morgan fingerprint density at radius 1 is 1.19 bits per heavy atom. The molecule has 3 aromatic rings. The Balaban J connectivity index is 1.70. The first-order valence-corrected chi connectivity index (χ1v) is 11.0. The lowest BCUT2D eigenvalue weighted by Crippen LogP contribution is -2.30. The zero-order chi connectivity index (χ0) is 22.4. The van der Waals surface area contributed by atoms with E-state index in [0.29, 0.717) is 5.56 Å². The molecular formula is C21H18F3NO5S. The molecule has 1 aromatic heterocycles. The average Bonchev–Trinajstić information content (AvgIpc) is 3.45. The molecule has 0 aliphatic heterocycles. The third-order valence-electron chi connectivity index (χ3n) is 4.90. The van der Waals surface area contributed by atoms with Crippen LogP contribution < -0.4 is 9.46 Å². The van der Waals surface area contributed by atoms with Gasteiger partial charge in [-0.2, -0.15) is 13.2 Å². The van der Waals surface area contributed by atoms with Crippen LogP contribution in [0.15, 0.2) is 51.8 Å². The Hall–Kier alpha value is -3.01. The molecule has 4 rings (SSSR count). The molecule has 2 aromatic carbocycles. The van der Waals surface area contributed by atoms with Crippen molar-refractivity contribution in [1.29, 1.82) is 0 Å². The molecule has 6 nitrogen and oxygen atoms in total. The fraction of sp³-hybridized carbons (Fsp3) is 0.286. The molecule has 0 unspecified atom stereocenters. The van der Waals surface area contributed by atoms with Crippen molar-refractivity contribution in [3.63, 3.8) is 0 Å². The first-order chi connectivity index (χ1) is 14.6. The van der Waals surface area contributed by atoms with Crippen LogP contribution in [0.25, 0.3) is 11.0 Å². The van der Waals surface area contributed by atoms with Crippen molar-refractivity contribution in [2.45, 2.75) is 36.8 Å². The minimum absolute atomic E-state index is 0.0309. The molecule has 0 spiro atoms. The van der Waals surface area contributed by atoms with E-state index in [1.54, 1.807) is 13.0 Å². The largest absolute Gasteiger partial charge is 0.492 e. The Morgan fingerprint density at radius 3 is 2.55 bits per heavy atom. The first kappa shape index (κ1) is 21.2. The van der Waals surface area contributed by atoms with E-state index < -0.39 is 33.4 Å². The van der Waals surface area contributed by atoms with Crippen LogP contribution >= 0.6 is 0 Å². The van der Waals surface area contributed by atoms with Gasteiger partial charge < -0.3 is 9.15 Å². The van der Waals surface area contributed by atoms with E-state index in [1.165, 1.54) is 24.3 Å². The molecule has 0 radical (unpaired) electrons. The van der Waals surface area contributed by atoms with Crippen LogP contribution in [0, 0.1) is 0 Å². The van der Waals surface area contributed by atoms with Gasteiger partial charge in [0.2, 0.25) is 0 Å². The van der Waals surface area contributed by atoms with Gasteiger partial charge in [-0.1, -0.05) is 12.1 Å². The van der Waals surface area contributed by atoms with Gasteiger partial charge in [-0.25, -0.2) is 13.1 Å². The summed E-state index contributed by atoms with van der Waals surface area (Å²) in [6.07, 6.45) is -3.08. The van der Waals surface area contributed by atoms with Crippen molar-refractivity contribution in [1.82, 2.24) is 4.72 Å². The number of nitrogens with one attached hydrogen (secondary N) is 1. The molecule has 0 atom stereocenters. The number of carbonyl (C=O) groups excluding carboxylic acids is 1. The SMILES string of the molecule is CCOc1ccccc1S(=O)(=O)NC(=O)c1cc2c(C(F)(F)F)cc(C3CC3)cc2o1. The molecule has 1 aliphatic rings. The monoisotopic (exact) mass is 453 g/mol. The van der Waals surface area contributed by atoms with Crippen LogP contribution in [-0.4, -0.2) is 20.9 Å². The zero-order valence-electron chi connectivity index (χ0n) is 16.3. The number of rotatable bonds is 6. The summed E-state index contributed by atoms with van der Waals surface area (Å²) in [4.78, 5) is 12.3. The number of amides is 1. The molecular weight excluding hydrogens is 435 g/mol. The third-order valence-corrected chi connectivity index (χ3v) is 6.27. The summed E-state index contributed by atoms with van der Waals surface area (Å²) < 4.78 is 78.4. The quantitative estimate of drug-likeness (QED) is 0.577. The number of alkyl halides is 3. The summed E-state index contributed by atoms with van der Waals surface area (Å²) in [5, 5.41) is -0.297. The zero-order valence-corrected chi connectivity index (χ0v) is 17.1.